The number of H-pyrrole nitrogens is 1. The Hall–Kier alpha value is -2.13. The highest BCUT2D eigenvalue weighted by Crippen LogP contribution is 2.33. The van der Waals surface area contributed by atoms with Gasteiger partial charge in [0.2, 0.25) is 0 Å². The second kappa shape index (κ2) is 6.78. The molecule has 1 aromatic heterocycles. The Balaban J connectivity index is 1.90. The summed E-state index contributed by atoms with van der Waals surface area (Å²) in [5, 5.41) is 9.75. The number of amides is 1. The Bertz CT molecular complexity index is 684. The van der Waals surface area contributed by atoms with Crippen LogP contribution in [0.15, 0.2) is 0 Å². The minimum absolute atomic E-state index is 0.248. The SMILES string of the molecule is CC(C)c1[nH+]c(N2CC[NH+](CC(N)=O)CC2)c(C#N)c2c1CCC2. The number of pyridine rings is 1. The third kappa shape index (κ3) is 3.09. The molecule has 0 radical (unpaired) electrons. The molecule has 1 fully saturated rings. The van der Waals surface area contributed by atoms with Crippen LogP contribution in [0.25, 0.3) is 0 Å². The standard InChI is InChI=1S/C18H25N5O/c1-12(2)17-14-5-3-4-13(14)15(10-19)18(21-17)23-8-6-22(7-9-23)11-16(20)24/h12H,3-9,11H2,1-2H3,(H2,20,24)/p+2. The molecule has 6 nitrogen and oxygen atoms in total. The zero-order valence-electron chi connectivity index (χ0n) is 14.6. The first-order chi connectivity index (χ1) is 11.5. The maximum Gasteiger partial charge on any atom is 0.293 e. The van der Waals surface area contributed by atoms with E-state index in [1.165, 1.54) is 21.7 Å². The van der Waals surface area contributed by atoms with Crippen molar-refractivity contribution in [2.24, 2.45) is 5.73 Å². The zero-order chi connectivity index (χ0) is 17.3. The van der Waals surface area contributed by atoms with Gasteiger partial charge >= 0.3 is 0 Å². The van der Waals surface area contributed by atoms with Crippen LogP contribution in [-0.2, 0) is 17.6 Å². The Labute approximate surface area is 143 Å². The number of carbonyl (C=O) groups excluding carboxylic acids is 1. The van der Waals surface area contributed by atoms with Crippen molar-refractivity contribution in [1.82, 2.24) is 0 Å². The van der Waals surface area contributed by atoms with Gasteiger partial charge in [-0.15, -0.1) is 0 Å². The molecule has 0 bridgehead atoms. The Morgan fingerprint density at radius 1 is 1.33 bits per heavy atom. The molecule has 4 N–H and O–H groups in total. The number of aromatic nitrogens is 1. The molecule has 24 heavy (non-hydrogen) atoms. The Morgan fingerprint density at radius 2 is 2.00 bits per heavy atom. The van der Waals surface area contributed by atoms with Gasteiger partial charge < -0.3 is 10.6 Å². The molecule has 1 aliphatic heterocycles. The van der Waals surface area contributed by atoms with Gasteiger partial charge in [-0.05, 0) is 30.4 Å². The number of piperazine rings is 1. The van der Waals surface area contributed by atoms with Gasteiger partial charge in [-0.3, -0.25) is 4.79 Å². The predicted molar refractivity (Wildman–Crippen MR) is 90.8 cm³/mol. The number of aromatic amines is 1. The molecule has 1 aliphatic carbocycles. The van der Waals surface area contributed by atoms with E-state index in [-0.39, 0.29) is 5.91 Å². The number of nitriles is 1. The van der Waals surface area contributed by atoms with E-state index in [2.05, 4.69) is 29.8 Å². The largest absolute Gasteiger partial charge is 0.365 e. The van der Waals surface area contributed by atoms with Gasteiger partial charge in [0.15, 0.2) is 6.54 Å². The molecule has 0 atom stereocenters. The average Bonchev–Trinajstić information content (AvgIpc) is 3.02. The molecule has 0 saturated carbocycles. The molecule has 1 amide bonds. The summed E-state index contributed by atoms with van der Waals surface area (Å²) in [5.74, 6) is 1.15. The molecular formula is C18H27N5O+2. The minimum atomic E-state index is -0.248. The molecule has 128 valence electrons. The third-order valence-electron chi connectivity index (χ3n) is 5.23. The summed E-state index contributed by atoms with van der Waals surface area (Å²) in [5.41, 5.74) is 10.0. The minimum Gasteiger partial charge on any atom is -0.365 e. The highest BCUT2D eigenvalue weighted by Gasteiger charge is 2.34. The number of anilines is 1. The average molecular weight is 329 g/mol. The lowest BCUT2D eigenvalue weighted by atomic mass is 9.97. The first kappa shape index (κ1) is 16.7. The molecular weight excluding hydrogens is 302 g/mol. The number of nitrogens with one attached hydrogen (secondary N) is 2. The number of rotatable bonds is 4. The lowest BCUT2D eigenvalue weighted by molar-refractivity contribution is -0.892. The van der Waals surface area contributed by atoms with E-state index < -0.39 is 0 Å². The first-order valence-electron chi connectivity index (χ1n) is 8.89. The molecule has 6 heteroatoms. The van der Waals surface area contributed by atoms with Crippen LogP contribution in [0.5, 0.6) is 0 Å². The second-order valence-electron chi connectivity index (χ2n) is 7.22. The van der Waals surface area contributed by atoms with Crippen LogP contribution < -0.4 is 20.5 Å². The van der Waals surface area contributed by atoms with Crippen molar-refractivity contribution in [3.63, 3.8) is 0 Å². The third-order valence-corrected chi connectivity index (χ3v) is 5.23. The lowest BCUT2D eigenvalue weighted by Gasteiger charge is -2.28. The zero-order valence-corrected chi connectivity index (χ0v) is 14.6. The summed E-state index contributed by atoms with van der Waals surface area (Å²) >= 11 is 0. The van der Waals surface area contributed by atoms with E-state index in [1.54, 1.807) is 0 Å². The Kier molecular flexibility index (Phi) is 4.72. The van der Waals surface area contributed by atoms with Crippen LogP contribution in [0, 0.1) is 11.3 Å². The number of fused-ring (bicyclic) bond motifs is 1. The van der Waals surface area contributed by atoms with Gasteiger partial charge in [0.1, 0.15) is 43.5 Å². The first-order valence-corrected chi connectivity index (χ1v) is 8.89. The molecule has 3 rings (SSSR count). The van der Waals surface area contributed by atoms with Crippen LogP contribution in [-0.4, -0.2) is 38.6 Å². The van der Waals surface area contributed by atoms with Gasteiger partial charge in [0.25, 0.3) is 11.7 Å². The maximum absolute atomic E-state index is 11.1. The molecule has 2 aliphatic rings. The fourth-order valence-electron chi connectivity index (χ4n) is 4.05. The smallest absolute Gasteiger partial charge is 0.293 e. The van der Waals surface area contributed by atoms with Crippen molar-refractivity contribution >= 4 is 11.7 Å². The second-order valence-corrected chi connectivity index (χ2v) is 7.22. The van der Waals surface area contributed by atoms with Gasteiger partial charge in [-0.25, -0.2) is 9.88 Å². The highest BCUT2D eigenvalue weighted by molar-refractivity contribution is 5.74. The number of primary amides is 1. The molecule has 1 aromatic rings. The molecule has 1 saturated heterocycles. The summed E-state index contributed by atoms with van der Waals surface area (Å²) in [4.78, 5) is 18.2. The van der Waals surface area contributed by atoms with E-state index in [0.717, 1.165) is 56.8 Å². The fourth-order valence-corrected chi connectivity index (χ4v) is 4.05. The number of nitrogens with zero attached hydrogens (tertiary/aromatic N) is 2. The number of hydrogen-bond acceptors (Lipinski definition) is 3. The van der Waals surface area contributed by atoms with Crippen molar-refractivity contribution in [2.75, 3.05) is 37.6 Å². The van der Waals surface area contributed by atoms with Crippen molar-refractivity contribution < 1.29 is 14.7 Å². The summed E-state index contributed by atoms with van der Waals surface area (Å²) in [6.07, 6.45) is 3.22. The quantitative estimate of drug-likeness (QED) is 0.756. The van der Waals surface area contributed by atoms with Crippen molar-refractivity contribution in [2.45, 2.75) is 39.0 Å². The lowest BCUT2D eigenvalue weighted by Crippen LogP contribution is -3.15. The summed E-state index contributed by atoms with van der Waals surface area (Å²) in [7, 11) is 0. The van der Waals surface area contributed by atoms with E-state index in [4.69, 9.17) is 5.73 Å². The number of quaternary nitrogens is 1. The Morgan fingerprint density at radius 3 is 2.58 bits per heavy atom. The predicted octanol–water partition coefficient (Wildman–Crippen LogP) is -0.825. The van der Waals surface area contributed by atoms with E-state index in [0.29, 0.717) is 12.5 Å². The molecule has 2 heterocycles. The number of nitrogens with two attached hydrogens (primary N) is 1. The van der Waals surface area contributed by atoms with E-state index >= 15 is 0 Å². The molecule has 0 spiro atoms. The number of hydrogen-bond donors (Lipinski definition) is 2. The van der Waals surface area contributed by atoms with Gasteiger partial charge in [-0.2, -0.15) is 5.26 Å². The van der Waals surface area contributed by atoms with Crippen LogP contribution in [0.2, 0.25) is 0 Å². The van der Waals surface area contributed by atoms with Crippen LogP contribution in [0.1, 0.15) is 48.6 Å². The molecule has 0 unspecified atom stereocenters. The van der Waals surface area contributed by atoms with Gasteiger partial charge in [0.05, 0.1) is 0 Å². The van der Waals surface area contributed by atoms with Crippen LogP contribution in [0.3, 0.4) is 0 Å². The van der Waals surface area contributed by atoms with Crippen LogP contribution in [0.4, 0.5) is 5.82 Å². The maximum atomic E-state index is 11.1. The number of carbonyl (C=O) groups is 1. The molecule has 0 aromatic carbocycles. The highest BCUT2D eigenvalue weighted by atomic mass is 16.1. The topological polar surface area (TPSA) is 88.7 Å². The summed E-state index contributed by atoms with van der Waals surface area (Å²) in [6.45, 7) is 8.22. The van der Waals surface area contributed by atoms with Crippen molar-refractivity contribution in [3.05, 3.63) is 22.4 Å². The summed E-state index contributed by atoms with van der Waals surface area (Å²) in [6, 6.07) is 2.45. The van der Waals surface area contributed by atoms with Crippen molar-refractivity contribution in [1.29, 1.82) is 5.26 Å². The van der Waals surface area contributed by atoms with E-state index in [1.807, 2.05) is 0 Å². The van der Waals surface area contributed by atoms with E-state index in [9.17, 15) is 10.1 Å². The fraction of sp³-hybridized carbons (Fsp3) is 0.611. The van der Waals surface area contributed by atoms with Gasteiger partial charge in [0, 0.05) is 5.92 Å². The van der Waals surface area contributed by atoms with Gasteiger partial charge in [-0.1, -0.05) is 13.8 Å². The monoisotopic (exact) mass is 329 g/mol. The summed E-state index contributed by atoms with van der Waals surface area (Å²) < 4.78 is 0. The normalized spacial score (nSPS) is 17.8. The van der Waals surface area contributed by atoms with Crippen LogP contribution >= 0.6 is 0 Å². The van der Waals surface area contributed by atoms with Crippen molar-refractivity contribution in [3.8, 4) is 6.07 Å².